The molecule has 0 radical (unpaired) electrons. The van der Waals surface area contributed by atoms with Gasteiger partial charge >= 0.3 is 0 Å². The van der Waals surface area contributed by atoms with E-state index in [2.05, 4.69) is 26.6 Å². The minimum absolute atomic E-state index is 0.0369. The molecule has 25 heavy (non-hydrogen) atoms. The number of rotatable bonds is 5. The van der Waals surface area contributed by atoms with Gasteiger partial charge in [0.1, 0.15) is 6.04 Å². The molecule has 132 valence electrons. The molecule has 0 heterocycles. The summed E-state index contributed by atoms with van der Waals surface area (Å²) in [6.45, 7) is 7.78. The van der Waals surface area contributed by atoms with E-state index < -0.39 is 6.04 Å². The van der Waals surface area contributed by atoms with Crippen LogP contribution in [-0.4, -0.2) is 17.9 Å². The van der Waals surface area contributed by atoms with E-state index in [-0.39, 0.29) is 17.7 Å². The summed E-state index contributed by atoms with van der Waals surface area (Å²) in [6.07, 6.45) is 0. The monoisotopic (exact) mass is 402 g/mol. The predicted molar refractivity (Wildman–Crippen MR) is 105 cm³/mol. The van der Waals surface area contributed by atoms with Crippen LogP contribution in [0.4, 0.5) is 5.69 Å². The molecule has 0 aliphatic carbocycles. The molecule has 0 aliphatic heterocycles. The summed E-state index contributed by atoms with van der Waals surface area (Å²) in [5, 5.41) is 5.76. The number of carbonyl (C=O) groups excluding carboxylic acids is 2. The third-order valence-corrected chi connectivity index (χ3v) is 4.51. The number of amides is 2. The van der Waals surface area contributed by atoms with Crippen molar-refractivity contribution < 1.29 is 9.59 Å². The van der Waals surface area contributed by atoms with Crippen molar-refractivity contribution in [3.63, 3.8) is 0 Å². The van der Waals surface area contributed by atoms with E-state index in [9.17, 15) is 9.59 Å². The minimum Gasteiger partial charge on any atom is -0.340 e. The Labute approximate surface area is 157 Å². The SMILES string of the molecule is Cc1ccc(NC(=O)[C@@H](NC(=O)c2ccc(Br)cc2)C(C)C)c(C)c1. The van der Waals surface area contributed by atoms with Gasteiger partial charge in [-0.05, 0) is 55.7 Å². The second-order valence-electron chi connectivity index (χ2n) is 6.51. The van der Waals surface area contributed by atoms with Crippen molar-refractivity contribution >= 4 is 33.4 Å². The van der Waals surface area contributed by atoms with Crippen molar-refractivity contribution in [2.24, 2.45) is 5.92 Å². The largest absolute Gasteiger partial charge is 0.340 e. The van der Waals surface area contributed by atoms with Gasteiger partial charge in [0.25, 0.3) is 5.91 Å². The van der Waals surface area contributed by atoms with Crippen LogP contribution in [0.1, 0.15) is 35.3 Å². The molecule has 0 bridgehead atoms. The van der Waals surface area contributed by atoms with Gasteiger partial charge in [-0.1, -0.05) is 47.5 Å². The number of aryl methyl sites for hydroxylation is 2. The van der Waals surface area contributed by atoms with Crippen molar-refractivity contribution in [3.05, 3.63) is 63.6 Å². The maximum Gasteiger partial charge on any atom is 0.251 e. The zero-order valence-corrected chi connectivity index (χ0v) is 16.5. The molecular weight excluding hydrogens is 380 g/mol. The van der Waals surface area contributed by atoms with Gasteiger partial charge in [0.2, 0.25) is 5.91 Å². The number of hydrogen-bond acceptors (Lipinski definition) is 2. The first-order valence-electron chi connectivity index (χ1n) is 8.22. The number of benzene rings is 2. The second-order valence-corrected chi connectivity index (χ2v) is 7.43. The van der Waals surface area contributed by atoms with Gasteiger partial charge in [0.05, 0.1) is 0 Å². The lowest BCUT2D eigenvalue weighted by atomic mass is 10.0. The van der Waals surface area contributed by atoms with Crippen molar-refractivity contribution in [1.82, 2.24) is 5.32 Å². The topological polar surface area (TPSA) is 58.2 Å². The van der Waals surface area contributed by atoms with Gasteiger partial charge in [0.15, 0.2) is 0 Å². The molecule has 2 aromatic carbocycles. The van der Waals surface area contributed by atoms with E-state index in [0.717, 1.165) is 21.3 Å². The average molecular weight is 403 g/mol. The summed E-state index contributed by atoms with van der Waals surface area (Å²) in [6, 6.07) is 12.3. The number of anilines is 1. The van der Waals surface area contributed by atoms with Gasteiger partial charge in [0, 0.05) is 15.7 Å². The fourth-order valence-electron chi connectivity index (χ4n) is 2.53. The molecule has 0 unspecified atom stereocenters. The molecule has 4 nitrogen and oxygen atoms in total. The van der Waals surface area contributed by atoms with E-state index in [1.165, 1.54) is 0 Å². The molecule has 2 amide bonds. The Bertz CT molecular complexity index is 770. The Kier molecular flexibility index (Phi) is 6.37. The van der Waals surface area contributed by atoms with E-state index in [1.54, 1.807) is 24.3 Å². The van der Waals surface area contributed by atoms with Crippen molar-refractivity contribution in [2.45, 2.75) is 33.7 Å². The van der Waals surface area contributed by atoms with Gasteiger partial charge in [-0.25, -0.2) is 0 Å². The Hall–Kier alpha value is -2.14. The number of nitrogens with one attached hydrogen (secondary N) is 2. The van der Waals surface area contributed by atoms with E-state index in [4.69, 9.17) is 0 Å². The normalized spacial score (nSPS) is 11.9. The molecule has 0 saturated carbocycles. The standard InChI is InChI=1S/C20H23BrN2O2/c1-12(2)18(23-19(24)15-6-8-16(21)9-7-15)20(25)22-17-10-5-13(3)11-14(17)4/h5-12,18H,1-4H3,(H,22,25)(H,23,24)/t18-/m0/s1. The minimum atomic E-state index is -0.614. The van der Waals surface area contributed by atoms with Crippen molar-refractivity contribution in [3.8, 4) is 0 Å². The molecule has 0 saturated heterocycles. The first-order chi connectivity index (χ1) is 11.8. The van der Waals surface area contributed by atoms with Crippen LogP contribution >= 0.6 is 15.9 Å². The molecule has 1 atom stereocenters. The Morgan fingerprint density at radius 2 is 1.64 bits per heavy atom. The van der Waals surface area contributed by atoms with E-state index >= 15 is 0 Å². The summed E-state index contributed by atoms with van der Waals surface area (Å²) in [5.41, 5.74) is 3.42. The summed E-state index contributed by atoms with van der Waals surface area (Å²) < 4.78 is 0.900. The van der Waals surface area contributed by atoms with Gasteiger partial charge in [-0.2, -0.15) is 0 Å². The zero-order valence-electron chi connectivity index (χ0n) is 14.9. The fourth-order valence-corrected chi connectivity index (χ4v) is 2.79. The van der Waals surface area contributed by atoms with Crippen LogP contribution in [0.3, 0.4) is 0 Å². The highest BCUT2D eigenvalue weighted by atomic mass is 79.9. The molecule has 2 N–H and O–H groups in total. The lowest BCUT2D eigenvalue weighted by molar-refractivity contribution is -0.118. The fraction of sp³-hybridized carbons (Fsp3) is 0.300. The highest BCUT2D eigenvalue weighted by molar-refractivity contribution is 9.10. The van der Waals surface area contributed by atoms with Crippen LogP contribution in [-0.2, 0) is 4.79 Å². The molecule has 5 heteroatoms. The Morgan fingerprint density at radius 1 is 1.00 bits per heavy atom. The van der Waals surface area contributed by atoms with Crippen LogP contribution in [0.25, 0.3) is 0 Å². The average Bonchev–Trinajstić information content (AvgIpc) is 2.55. The lowest BCUT2D eigenvalue weighted by Gasteiger charge is -2.22. The highest BCUT2D eigenvalue weighted by Crippen LogP contribution is 2.17. The van der Waals surface area contributed by atoms with Gasteiger partial charge in [-0.3, -0.25) is 9.59 Å². The summed E-state index contributed by atoms with van der Waals surface area (Å²) in [7, 11) is 0. The quantitative estimate of drug-likeness (QED) is 0.775. The number of hydrogen-bond donors (Lipinski definition) is 2. The molecule has 0 spiro atoms. The highest BCUT2D eigenvalue weighted by Gasteiger charge is 2.25. The van der Waals surface area contributed by atoms with Crippen LogP contribution in [0.5, 0.6) is 0 Å². The van der Waals surface area contributed by atoms with Crippen LogP contribution in [0.15, 0.2) is 46.9 Å². The predicted octanol–water partition coefficient (Wildman–Crippen LogP) is 4.46. The van der Waals surface area contributed by atoms with Crippen LogP contribution in [0, 0.1) is 19.8 Å². The molecule has 2 aromatic rings. The first-order valence-corrected chi connectivity index (χ1v) is 9.02. The Morgan fingerprint density at radius 3 is 2.20 bits per heavy atom. The molecule has 0 aliphatic rings. The zero-order chi connectivity index (χ0) is 18.6. The first kappa shape index (κ1) is 19.2. The van der Waals surface area contributed by atoms with Gasteiger partial charge in [-0.15, -0.1) is 0 Å². The summed E-state index contributed by atoms with van der Waals surface area (Å²) in [5.74, 6) is -0.514. The maximum atomic E-state index is 12.7. The maximum absolute atomic E-state index is 12.7. The second kappa shape index (κ2) is 8.30. The van der Waals surface area contributed by atoms with Crippen molar-refractivity contribution in [2.75, 3.05) is 5.32 Å². The third kappa shape index (κ3) is 5.16. The number of halogens is 1. The van der Waals surface area contributed by atoms with Gasteiger partial charge < -0.3 is 10.6 Å². The lowest BCUT2D eigenvalue weighted by Crippen LogP contribution is -2.47. The molecule has 0 aromatic heterocycles. The Balaban J connectivity index is 2.12. The molecule has 0 fully saturated rings. The smallest absolute Gasteiger partial charge is 0.251 e. The van der Waals surface area contributed by atoms with Crippen LogP contribution < -0.4 is 10.6 Å². The molecular formula is C20H23BrN2O2. The van der Waals surface area contributed by atoms with E-state index in [1.807, 2.05) is 45.9 Å². The third-order valence-electron chi connectivity index (χ3n) is 3.98. The summed E-state index contributed by atoms with van der Waals surface area (Å²) in [4.78, 5) is 25.1. The summed E-state index contributed by atoms with van der Waals surface area (Å²) >= 11 is 3.34. The van der Waals surface area contributed by atoms with Crippen LogP contribution in [0.2, 0.25) is 0 Å². The van der Waals surface area contributed by atoms with E-state index in [0.29, 0.717) is 5.56 Å². The molecule has 2 rings (SSSR count). The number of carbonyl (C=O) groups is 2. The van der Waals surface area contributed by atoms with Crippen molar-refractivity contribution in [1.29, 1.82) is 0 Å².